The number of rotatable bonds is 5. The van der Waals surface area contributed by atoms with Gasteiger partial charge < -0.3 is 20.3 Å². The van der Waals surface area contributed by atoms with E-state index in [9.17, 15) is 13.2 Å². The topological polar surface area (TPSA) is 91.0 Å². The number of nitrogens with one attached hydrogen (secondary N) is 2. The van der Waals surface area contributed by atoms with E-state index in [0.717, 1.165) is 17.8 Å². The Kier molecular flexibility index (Phi) is 5.42. The number of para-hydroxylation sites is 2. The molecule has 0 aromatic heterocycles. The Labute approximate surface area is 171 Å². The summed E-state index contributed by atoms with van der Waals surface area (Å²) in [7, 11) is -2.29. The summed E-state index contributed by atoms with van der Waals surface area (Å²) >= 11 is 0. The van der Waals surface area contributed by atoms with Crippen molar-refractivity contribution < 1.29 is 17.9 Å². The van der Waals surface area contributed by atoms with Crippen molar-refractivity contribution in [3.8, 4) is 12.3 Å². The van der Waals surface area contributed by atoms with Crippen LogP contribution in [0.3, 0.4) is 0 Å². The first-order valence-corrected chi connectivity index (χ1v) is 11.3. The molecule has 1 aromatic rings. The lowest BCUT2D eigenvalue weighted by Gasteiger charge is -2.41. The fourth-order valence-corrected chi connectivity index (χ4v) is 6.71. The van der Waals surface area contributed by atoms with E-state index in [-0.39, 0.29) is 24.4 Å². The average molecular weight is 419 g/mol. The van der Waals surface area contributed by atoms with E-state index in [2.05, 4.69) is 16.6 Å². The van der Waals surface area contributed by atoms with Crippen molar-refractivity contribution >= 4 is 27.3 Å². The molecule has 9 heteroatoms. The third kappa shape index (κ3) is 3.45. The van der Waals surface area contributed by atoms with E-state index in [1.165, 1.54) is 4.31 Å². The number of ether oxygens (including phenoxy) is 1. The molecular weight excluding hydrogens is 392 g/mol. The van der Waals surface area contributed by atoms with Crippen molar-refractivity contribution in [3.05, 3.63) is 24.3 Å². The van der Waals surface area contributed by atoms with E-state index in [1.807, 2.05) is 24.3 Å². The van der Waals surface area contributed by atoms with Crippen LogP contribution in [0.15, 0.2) is 24.3 Å². The molecule has 2 saturated heterocycles. The second kappa shape index (κ2) is 7.86. The van der Waals surface area contributed by atoms with Gasteiger partial charge in [-0.1, -0.05) is 18.1 Å². The van der Waals surface area contributed by atoms with Gasteiger partial charge >= 0.3 is 0 Å². The number of amides is 1. The summed E-state index contributed by atoms with van der Waals surface area (Å²) in [6.07, 6.45) is 7.46. The molecule has 156 valence electrons. The van der Waals surface area contributed by atoms with Crippen LogP contribution < -0.4 is 10.6 Å². The maximum Gasteiger partial charge on any atom is 0.255 e. The molecule has 0 spiro atoms. The zero-order valence-corrected chi connectivity index (χ0v) is 17.2. The Balaban J connectivity index is 1.71. The van der Waals surface area contributed by atoms with E-state index in [4.69, 9.17) is 11.2 Å². The summed E-state index contributed by atoms with van der Waals surface area (Å²) in [4.78, 5) is 14.8. The number of piperidine rings is 1. The third-order valence-electron chi connectivity index (χ3n) is 5.96. The molecule has 3 atom stereocenters. The second-order valence-electron chi connectivity index (χ2n) is 7.74. The molecule has 1 aromatic carbocycles. The first kappa shape index (κ1) is 20.0. The van der Waals surface area contributed by atoms with Gasteiger partial charge in [-0.05, 0) is 31.4 Å². The molecule has 2 bridgehead atoms. The summed E-state index contributed by atoms with van der Waals surface area (Å²) in [5.74, 6) is 2.18. The minimum atomic E-state index is -3.88. The first-order valence-electron chi connectivity index (χ1n) is 9.83. The van der Waals surface area contributed by atoms with Crippen molar-refractivity contribution in [2.75, 3.05) is 37.4 Å². The largest absolute Gasteiger partial charge is 0.384 e. The van der Waals surface area contributed by atoms with Gasteiger partial charge in [0.1, 0.15) is 6.04 Å². The molecule has 29 heavy (non-hydrogen) atoms. The SMILES string of the molecule is C#CCN1C[C@H](COC)C2CCCC(C1=O)N2S(=O)(=O)C1Nc2ccccc2N1. The Morgan fingerprint density at radius 3 is 2.55 bits per heavy atom. The maximum atomic E-state index is 13.7. The quantitative estimate of drug-likeness (QED) is 0.696. The molecule has 3 aliphatic rings. The van der Waals surface area contributed by atoms with E-state index >= 15 is 0 Å². The van der Waals surface area contributed by atoms with Crippen molar-refractivity contribution in [3.63, 3.8) is 0 Å². The number of fused-ring (bicyclic) bond motifs is 3. The van der Waals surface area contributed by atoms with Crippen LogP contribution in [-0.2, 0) is 19.6 Å². The Hall–Kier alpha value is -2.28. The number of methoxy groups -OCH3 is 1. The zero-order valence-electron chi connectivity index (χ0n) is 16.4. The second-order valence-corrected chi connectivity index (χ2v) is 9.66. The standard InChI is InChI=1S/C20H26N4O4S/c1-3-11-23-12-14(13-28-2)17-9-6-10-18(19(23)25)24(17)29(26,27)20-21-15-7-4-5-8-16(15)22-20/h1,4-5,7-8,14,17-18,20-22H,6,9-13H2,2H3/t14-,17?,18?/m1/s1. The number of carbonyl (C=O) groups is 1. The molecular formula is C20H26N4O4S. The number of hydrogen-bond donors (Lipinski definition) is 2. The van der Waals surface area contributed by atoms with Gasteiger partial charge in [0.05, 0.1) is 24.5 Å². The molecule has 2 unspecified atom stereocenters. The molecule has 3 heterocycles. The van der Waals surface area contributed by atoms with Crippen LogP contribution in [0.4, 0.5) is 11.4 Å². The first-order chi connectivity index (χ1) is 14.0. The number of terminal acetylenes is 1. The summed E-state index contributed by atoms with van der Waals surface area (Å²) in [5.41, 5.74) is 0.447. The number of anilines is 2. The number of hydrogen-bond acceptors (Lipinski definition) is 6. The Morgan fingerprint density at radius 1 is 1.24 bits per heavy atom. The van der Waals surface area contributed by atoms with Crippen molar-refractivity contribution in [2.24, 2.45) is 5.92 Å². The number of nitrogens with zero attached hydrogens (tertiary/aromatic N) is 2. The lowest BCUT2D eigenvalue weighted by Crippen LogP contribution is -2.59. The van der Waals surface area contributed by atoms with E-state index < -0.39 is 21.6 Å². The smallest absolute Gasteiger partial charge is 0.255 e. The molecule has 3 aliphatic heterocycles. The predicted molar refractivity (Wildman–Crippen MR) is 110 cm³/mol. The summed E-state index contributed by atoms with van der Waals surface area (Å²) in [6.45, 7) is 0.931. The lowest BCUT2D eigenvalue weighted by atomic mass is 9.91. The van der Waals surface area contributed by atoms with Crippen molar-refractivity contribution in [1.82, 2.24) is 9.21 Å². The fourth-order valence-electron chi connectivity index (χ4n) is 4.71. The molecule has 4 rings (SSSR count). The van der Waals surface area contributed by atoms with Gasteiger partial charge in [-0.25, -0.2) is 8.42 Å². The van der Waals surface area contributed by atoms with Crippen molar-refractivity contribution in [1.29, 1.82) is 0 Å². The minimum absolute atomic E-state index is 0.138. The van der Waals surface area contributed by atoms with Crippen LogP contribution in [0.5, 0.6) is 0 Å². The van der Waals surface area contributed by atoms with Crippen LogP contribution in [0.2, 0.25) is 0 Å². The van der Waals surface area contributed by atoms with Gasteiger partial charge in [-0.3, -0.25) is 4.79 Å². The molecule has 0 radical (unpaired) electrons. The zero-order chi connectivity index (χ0) is 20.6. The average Bonchev–Trinajstić information content (AvgIpc) is 3.14. The normalized spacial score (nSPS) is 27.5. The molecule has 2 N–H and O–H groups in total. The van der Waals surface area contributed by atoms with Gasteiger partial charge in [-0.15, -0.1) is 6.42 Å². The summed E-state index contributed by atoms with van der Waals surface area (Å²) in [6, 6.07) is 6.31. The molecule has 0 saturated carbocycles. The van der Waals surface area contributed by atoms with Gasteiger partial charge in [0.25, 0.3) is 10.0 Å². The number of carbonyl (C=O) groups excluding carboxylic acids is 1. The van der Waals surface area contributed by atoms with Gasteiger partial charge in [0, 0.05) is 25.6 Å². The minimum Gasteiger partial charge on any atom is -0.384 e. The summed E-state index contributed by atoms with van der Waals surface area (Å²) < 4.78 is 34.3. The van der Waals surface area contributed by atoms with Crippen LogP contribution in [0, 0.1) is 18.3 Å². The molecule has 2 fully saturated rings. The Bertz CT molecular complexity index is 904. The molecule has 8 nitrogen and oxygen atoms in total. The van der Waals surface area contributed by atoms with Crippen LogP contribution in [0.25, 0.3) is 0 Å². The maximum absolute atomic E-state index is 13.7. The lowest BCUT2D eigenvalue weighted by molar-refractivity contribution is -0.134. The highest BCUT2D eigenvalue weighted by atomic mass is 32.2. The third-order valence-corrected chi connectivity index (χ3v) is 7.91. The van der Waals surface area contributed by atoms with E-state index in [0.29, 0.717) is 26.0 Å². The molecule has 1 amide bonds. The molecule has 0 aliphatic carbocycles. The van der Waals surface area contributed by atoms with Crippen LogP contribution in [-0.4, -0.2) is 67.9 Å². The predicted octanol–water partition coefficient (Wildman–Crippen LogP) is 1.10. The highest BCUT2D eigenvalue weighted by Gasteiger charge is 2.52. The van der Waals surface area contributed by atoms with Crippen LogP contribution >= 0.6 is 0 Å². The summed E-state index contributed by atoms with van der Waals surface area (Å²) in [5, 5.41) is 6.10. The van der Waals surface area contributed by atoms with Crippen molar-refractivity contribution in [2.45, 2.75) is 36.8 Å². The fraction of sp³-hybridized carbons (Fsp3) is 0.550. The number of sulfonamides is 1. The monoisotopic (exact) mass is 418 g/mol. The Morgan fingerprint density at radius 2 is 1.93 bits per heavy atom. The van der Waals surface area contributed by atoms with Gasteiger partial charge in [-0.2, -0.15) is 4.31 Å². The van der Waals surface area contributed by atoms with Crippen LogP contribution in [0.1, 0.15) is 19.3 Å². The van der Waals surface area contributed by atoms with Gasteiger partial charge in [0.2, 0.25) is 11.4 Å². The van der Waals surface area contributed by atoms with E-state index in [1.54, 1.807) is 12.0 Å². The van der Waals surface area contributed by atoms with Gasteiger partial charge in [0.15, 0.2) is 0 Å². The number of benzene rings is 1. The highest BCUT2D eigenvalue weighted by Crippen LogP contribution is 2.38. The highest BCUT2D eigenvalue weighted by molar-refractivity contribution is 7.90.